The maximum Gasteiger partial charge on any atom is 0.210 e. The van der Waals surface area contributed by atoms with Crippen LogP contribution in [0.2, 0.25) is 0 Å². The summed E-state index contributed by atoms with van der Waals surface area (Å²) in [7, 11) is 0. The van der Waals surface area contributed by atoms with Crippen molar-refractivity contribution in [3.8, 4) is 0 Å². The van der Waals surface area contributed by atoms with Crippen molar-refractivity contribution < 1.29 is 4.58 Å². The quantitative estimate of drug-likeness (QED) is 0.124. The lowest BCUT2D eigenvalue weighted by atomic mass is 9.74. The van der Waals surface area contributed by atoms with Crippen LogP contribution in [0, 0.1) is 5.92 Å². The van der Waals surface area contributed by atoms with E-state index in [2.05, 4.69) is 123 Å². The average Bonchev–Trinajstić information content (AvgIpc) is 3.59. The number of hydrogen-bond acceptors (Lipinski definition) is 1. The molecule has 1 fully saturated rings. The summed E-state index contributed by atoms with van der Waals surface area (Å²) in [6, 6.07) is 22.8. The van der Waals surface area contributed by atoms with Crippen molar-refractivity contribution in [3.05, 3.63) is 89.5 Å². The summed E-state index contributed by atoms with van der Waals surface area (Å²) in [4.78, 5) is 2.41. The zero-order valence-corrected chi connectivity index (χ0v) is 26.3. The lowest BCUT2D eigenvalue weighted by Crippen LogP contribution is -2.31. The van der Waals surface area contributed by atoms with Gasteiger partial charge in [-0.25, -0.2) is 0 Å². The largest absolute Gasteiger partial charge is 0.372 e. The number of benzene rings is 3. The highest BCUT2D eigenvalue weighted by atomic mass is 15.1. The van der Waals surface area contributed by atoms with E-state index in [4.69, 9.17) is 0 Å². The van der Waals surface area contributed by atoms with Crippen molar-refractivity contribution in [2.75, 3.05) is 24.5 Å². The van der Waals surface area contributed by atoms with Gasteiger partial charge in [0.1, 0.15) is 6.54 Å². The summed E-state index contributed by atoms with van der Waals surface area (Å²) >= 11 is 0. The Labute approximate surface area is 249 Å². The molecule has 0 saturated heterocycles. The van der Waals surface area contributed by atoms with Gasteiger partial charge in [-0.3, -0.25) is 0 Å². The van der Waals surface area contributed by atoms with Crippen molar-refractivity contribution in [2.24, 2.45) is 5.92 Å². The fourth-order valence-corrected chi connectivity index (χ4v) is 7.31. The van der Waals surface area contributed by atoms with Gasteiger partial charge in [0, 0.05) is 42.9 Å². The van der Waals surface area contributed by atoms with Gasteiger partial charge in [0.25, 0.3) is 0 Å². The Bertz CT molecular complexity index is 1410. The molecule has 0 radical (unpaired) electrons. The molecule has 1 saturated carbocycles. The fourth-order valence-electron chi connectivity index (χ4n) is 7.31. The van der Waals surface area contributed by atoms with Gasteiger partial charge in [0.05, 0.1) is 5.41 Å². The van der Waals surface area contributed by atoms with Crippen LogP contribution in [0.4, 0.5) is 11.4 Å². The van der Waals surface area contributed by atoms with E-state index in [1.54, 1.807) is 0 Å². The summed E-state index contributed by atoms with van der Waals surface area (Å²) in [5, 5.41) is 2.74. The first-order chi connectivity index (χ1) is 19.9. The molecule has 1 heterocycles. The van der Waals surface area contributed by atoms with Crippen LogP contribution in [0.15, 0.2) is 78.4 Å². The maximum atomic E-state index is 2.68. The number of allylic oxidation sites excluding steroid dienone is 3. The lowest BCUT2D eigenvalue weighted by Gasteiger charge is -2.23. The van der Waals surface area contributed by atoms with Gasteiger partial charge in [-0.2, -0.15) is 4.58 Å². The van der Waals surface area contributed by atoms with Crippen LogP contribution in [-0.4, -0.2) is 29.9 Å². The predicted molar refractivity (Wildman–Crippen MR) is 180 cm³/mol. The van der Waals surface area contributed by atoms with Gasteiger partial charge >= 0.3 is 0 Å². The van der Waals surface area contributed by atoms with Gasteiger partial charge in [0.2, 0.25) is 5.69 Å². The van der Waals surface area contributed by atoms with Crippen molar-refractivity contribution in [1.82, 2.24) is 0 Å². The Balaban J connectivity index is 1.54. The lowest BCUT2D eigenvalue weighted by molar-refractivity contribution is -0.438. The van der Waals surface area contributed by atoms with E-state index in [9.17, 15) is 0 Å². The van der Waals surface area contributed by atoms with Gasteiger partial charge in [0.15, 0.2) is 5.71 Å². The molecule has 0 N–H and O–H groups in total. The number of unbranched alkanes of at least 4 members (excludes halogenated alkanes) is 1. The third kappa shape index (κ3) is 6.37. The zero-order valence-electron chi connectivity index (χ0n) is 26.3. The second kappa shape index (κ2) is 13.2. The molecule has 1 atom stereocenters. The standard InChI is InChI=1S/C39H51N2/c1-6-40(7-2)34-23-19-32(20-24-34)21-26-37-39(5,28-27-30(3)4)38-35-18-11-10-17-33(35)22-25-36(38)41(37)29-13-12-16-31-14-8-9-15-31/h10-11,17-27,31H,6-9,12-16,28-29H2,1-5H3/q+1. The highest BCUT2D eigenvalue weighted by Gasteiger charge is 2.48. The van der Waals surface area contributed by atoms with Crippen molar-refractivity contribution in [3.63, 3.8) is 0 Å². The molecule has 2 aliphatic rings. The average molecular weight is 548 g/mol. The molecular weight excluding hydrogens is 496 g/mol. The first-order valence-electron chi connectivity index (χ1n) is 16.3. The molecular formula is C39H51N2+. The van der Waals surface area contributed by atoms with Gasteiger partial charge in [-0.05, 0) is 94.0 Å². The molecule has 2 heteroatoms. The summed E-state index contributed by atoms with van der Waals surface area (Å²) in [6.07, 6.45) is 18.0. The van der Waals surface area contributed by atoms with E-state index in [-0.39, 0.29) is 5.41 Å². The topological polar surface area (TPSA) is 6.25 Å². The summed E-state index contributed by atoms with van der Waals surface area (Å²) in [5.41, 5.74) is 8.22. The number of nitrogens with zero attached hydrogens (tertiary/aromatic N) is 2. The molecule has 5 rings (SSSR count). The van der Waals surface area contributed by atoms with Crippen LogP contribution < -0.4 is 4.90 Å². The third-order valence-electron chi connectivity index (χ3n) is 9.70. The molecule has 2 nitrogen and oxygen atoms in total. The number of fused-ring (bicyclic) bond motifs is 3. The molecule has 1 aliphatic heterocycles. The van der Waals surface area contributed by atoms with E-state index >= 15 is 0 Å². The summed E-state index contributed by atoms with van der Waals surface area (Å²) in [5.74, 6) is 0.968. The Hall–Kier alpha value is -3.13. The van der Waals surface area contributed by atoms with Crippen LogP contribution in [0.5, 0.6) is 0 Å². The number of hydrogen-bond donors (Lipinski definition) is 0. The molecule has 0 aromatic heterocycles. The van der Waals surface area contributed by atoms with E-state index < -0.39 is 0 Å². The SMILES string of the molecule is CCN(CC)c1ccc(C=CC2=[N+](CCCCC3CCCC3)c3ccc4ccccc4c3C2(C)CC=C(C)C)cc1. The van der Waals surface area contributed by atoms with Crippen LogP contribution in [0.3, 0.4) is 0 Å². The molecule has 3 aromatic carbocycles. The normalized spacial score (nSPS) is 19.0. The Morgan fingerprint density at radius 1 is 0.902 bits per heavy atom. The van der Waals surface area contributed by atoms with Crippen LogP contribution in [0.1, 0.15) is 97.1 Å². The van der Waals surface area contributed by atoms with E-state index in [0.29, 0.717) is 0 Å². The molecule has 216 valence electrons. The molecule has 3 aromatic rings. The highest BCUT2D eigenvalue weighted by molar-refractivity contribution is 6.09. The van der Waals surface area contributed by atoms with E-state index in [1.165, 1.54) is 89.5 Å². The van der Waals surface area contributed by atoms with Gasteiger partial charge in [-0.15, -0.1) is 0 Å². The Morgan fingerprint density at radius 2 is 1.63 bits per heavy atom. The summed E-state index contributed by atoms with van der Waals surface area (Å²) < 4.78 is 2.68. The monoisotopic (exact) mass is 547 g/mol. The van der Waals surface area contributed by atoms with Gasteiger partial charge < -0.3 is 4.90 Å². The molecule has 1 unspecified atom stereocenters. The minimum absolute atomic E-state index is 0.0867. The Morgan fingerprint density at radius 3 is 2.34 bits per heavy atom. The molecule has 0 spiro atoms. The summed E-state index contributed by atoms with van der Waals surface area (Å²) in [6.45, 7) is 14.6. The number of anilines is 1. The third-order valence-corrected chi connectivity index (χ3v) is 9.70. The molecule has 0 amide bonds. The number of rotatable bonds is 12. The first kappa shape index (κ1) is 29.4. The highest BCUT2D eigenvalue weighted by Crippen LogP contribution is 2.47. The Kier molecular flexibility index (Phi) is 9.48. The minimum Gasteiger partial charge on any atom is -0.372 e. The van der Waals surface area contributed by atoms with Crippen molar-refractivity contribution in [2.45, 2.75) is 91.4 Å². The maximum absolute atomic E-state index is 2.68. The van der Waals surface area contributed by atoms with E-state index in [1.807, 2.05) is 0 Å². The van der Waals surface area contributed by atoms with Crippen LogP contribution >= 0.6 is 0 Å². The second-order valence-electron chi connectivity index (χ2n) is 12.8. The zero-order chi connectivity index (χ0) is 28.8. The fraction of sp³-hybridized carbons (Fsp3) is 0.462. The predicted octanol–water partition coefficient (Wildman–Crippen LogP) is 10.5. The molecule has 1 aliphatic carbocycles. The minimum atomic E-state index is -0.0867. The molecule has 0 bridgehead atoms. The van der Waals surface area contributed by atoms with Crippen molar-refractivity contribution in [1.29, 1.82) is 0 Å². The second-order valence-corrected chi connectivity index (χ2v) is 12.8. The first-order valence-corrected chi connectivity index (χ1v) is 16.3. The van der Waals surface area contributed by atoms with Crippen molar-refractivity contribution >= 4 is 33.9 Å². The van der Waals surface area contributed by atoms with Crippen LogP contribution in [-0.2, 0) is 5.41 Å². The smallest absolute Gasteiger partial charge is 0.210 e. The van der Waals surface area contributed by atoms with Gasteiger partial charge in [-0.1, -0.05) is 80.2 Å². The van der Waals surface area contributed by atoms with E-state index in [0.717, 1.165) is 32.0 Å². The van der Waals surface area contributed by atoms with Crippen LogP contribution in [0.25, 0.3) is 16.8 Å². The molecule has 41 heavy (non-hydrogen) atoms.